The lowest BCUT2D eigenvalue weighted by atomic mass is 9.92. The smallest absolute Gasteiger partial charge is 0.330 e. The van der Waals surface area contributed by atoms with Crippen LogP contribution in [-0.4, -0.2) is 75.5 Å². The maximum atomic E-state index is 14.4. The van der Waals surface area contributed by atoms with Crippen LogP contribution in [0.2, 0.25) is 0 Å². The van der Waals surface area contributed by atoms with E-state index in [2.05, 4.69) is 34.5 Å². The summed E-state index contributed by atoms with van der Waals surface area (Å²) >= 11 is 0. The third kappa shape index (κ3) is 7.36. The topological polar surface area (TPSA) is 116 Å². The van der Waals surface area contributed by atoms with Gasteiger partial charge in [0.05, 0.1) is 6.42 Å². The molecular formula is C39H49N3O6. The highest BCUT2D eigenvalue weighted by molar-refractivity contribution is 5.96. The number of likely N-dealkylation sites (tertiary alicyclic amines) is 1. The lowest BCUT2D eigenvalue weighted by Crippen LogP contribution is -2.56. The van der Waals surface area contributed by atoms with Gasteiger partial charge in [-0.2, -0.15) is 0 Å². The zero-order chi connectivity index (χ0) is 34.1. The van der Waals surface area contributed by atoms with E-state index in [0.717, 1.165) is 31.2 Å². The van der Waals surface area contributed by atoms with E-state index in [0.29, 0.717) is 39.0 Å². The molecule has 6 rings (SSSR count). The van der Waals surface area contributed by atoms with E-state index in [4.69, 9.17) is 4.74 Å². The minimum Gasteiger partial charge on any atom is -0.479 e. The van der Waals surface area contributed by atoms with Crippen LogP contribution in [0.3, 0.4) is 0 Å². The fourth-order valence-electron chi connectivity index (χ4n) is 8.11. The second kappa shape index (κ2) is 13.9. The van der Waals surface area contributed by atoms with Crippen LogP contribution in [0.4, 0.5) is 0 Å². The fraction of sp³-hybridized carbons (Fsp3) is 0.538. The Kier molecular flexibility index (Phi) is 9.79. The van der Waals surface area contributed by atoms with Crippen molar-refractivity contribution in [1.29, 1.82) is 0 Å². The van der Waals surface area contributed by atoms with Crippen molar-refractivity contribution < 1.29 is 29.0 Å². The van der Waals surface area contributed by atoms with Gasteiger partial charge in [0.25, 0.3) is 0 Å². The molecule has 1 aliphatic carbocycles. The summed E-state index contributed by atoms with van der Waals surface area (Å²) in [7, 11) is 0. The molecule has 6 atom stereocenters. The number of esters is 1. The number of carbonyl (C=O) groups excluding carboxylic acids is 3. The van der Waals surface area contributed by atoms with E-state index in [9.17, 15) is 24.3 Å². The number of nitrogens with one attached hydrogen (secondary N) is 1. The summed E-state index contributed by atoms with van der Waals surface area (Å²) in [5.74, 6) is -3.08. The first kappa shape index (κ1) is 33.9. The Morgan fingerprint density at radius 3 is 2.48 bits per heavy atom. The molecule has 9 nitrogen and oxygen atoms in total. The van der Waals surface area contributed by atoms with Crippen molar-refractivity contribution in [2.24, 2.45) is 23.7 Å². The first-order chi connectivity index (χ1) is 22.9. The van der Waals surface area contributed by atoms with E-state index in [-0.39, 0.29) is 30.1 Å². The second-order valence-corrected chi connectivity index (χ2v) is 15.2. The predicted octanol–water partition coefficient (Wildman–Crippen LogP) is 5.44. The highest BCUT2D eigenvalue weighted by atomic mass is 16.6. The van der Waals surface area contributed by atoms with Gasteiger partial charge in [0, 0.05) is 43.9 Å². The number of carboxylic acid groups (broad SMARTS) is 1. The second-order valence-electron chi connectivity index (χ2n) is 15.2. The normalized spacial score (nSPS) is 30.2. The van der Waals surface area contributed by atoms with E-state index >= 15 is 0 Å². The number of rotatable bonds is 6. The van der Waals surface area contributed by atoms with Crippen LogP contribution in [0.25, 0.3) is 11.1 Å². The van der Waals surface area contributed by atoms with Crippen LogP contribution in [0.5, 0.6) is 0 Å². The first-order valence-corrected chi connectivity index (χ1v) is 17.6. The Hall–Kier alpha value is -3.98. The molecular weight excluding hydrogens is 606 g/mol. The SMILES string of the molecule is CC(C)(C)OC(=O)C[C@@H]1CCCCC/C=C\[C@@H]2C[C@@]2(C(=O)O)NC(=O)[C@@H]2[C@H]3CN(Cc4ccccc4-c4ccccc4)C[C@H]3CN2C1=O. The number of ether oxygens (including phenoxy) is 1. The lowest BCUT2D eigenvalue weighted by molar-refractivity contribution is -0.159. The number of aliphatic carboxylic acids is 1. The molecule has 0 aromatic heterocycles. The Morgan fingerprint density at radius 1 is 0.979 bits per heavy atom. The summed E-state index contributed by atoms with van der Waals surface area (Å²) in [6, 6.07) is 17.8. The van der Waals surface area contributed by atoms with Crippen LogP contribution in [0, 0.1) is 23.7 Å². The van der Waals surface area contributed by atoms with Crippen LogP contribution in [-0.2, 0) is 30.5 Å². The molecule has 256 valence electrons. The molecule has 2 aromatic rings. The molecule has 2 saturated heterocycles. The molecule has 0 radical (unpaired) electrons. The van der Waals surface area contributed by atoms with Crippen LogP contribution < -0.4 is 5.32 Å². The average molecular weight is 656 g/mol. The maximum Gasteiger partial charge on any atom is 0.330 e. The van der Waals surface area contributed by atoms with Gasteiger partial charge in [0.2, 0.25) is 11.8 Å². The van der Waals surface area contributed by atoms with Gasteiger partial charge in [-0.25, -0.2) is 4.79 Å². The molecule has 3 aliphatic heterocycles. The van der Waals surface area contributed by atoms with Crippen molar-refractivity contribution in [2.75, 3.05) is 19.6 Å². The summed E-state index contributed by atoms with van der Waals surface area (Å²) in [6.07, 6.45) is 8.15. The molecule has 2 N–H and O–H groups in total. The number of hydrogen-bond donors (Lipinski definition) is 2. The Labute approximate surface area is 283 Å². The standard InChI is InChI=1S/C39H49N3O6/c1-38(2,3)48-33(43)20-27-16-8-5-4-6-11-18-30-21-39(30,37(46)47)40-35(44)34-32-25-41(23-29(32)24-42(34)36(27)45)22-28-17-12-13-19-31(28)26-14-9-7-10-15-26/h7,9-15,17-19,27,29-30,32,34H,4-6,8,16,20-25H2,1-3H3,(H,40,44)(H,46,47)/b18-11-/t27-,29-,30+,32-,34-,39+/m0/s1. The molecule has 3 heterocycles. The molecule has 2 amide bonds. The highest BCUT2D eigenvalue weighted by Crippen LogP contribution is 2.46. The number of benzene rings is 2. The minimum absolute atomic E-state index is 0.0420. The molecule has 9 heteroatoms. The van der Waals surface area contributed by atoms with Crippen molar-refractivity contribution in [1.82, 2.24) is 15.1 Å². The summed E-state index contributed by atoms with van der Waals surface area (Å²) in [4.78, 5) is 58.3. The fourth-order valence-corrected chi connectivity index (χ4v) is 8.11. The van der Waals surface area contributed by atoms with Gasteiger partial charge in [-0.3, -0.25) is 19.3 Å². The number of nitrogens with zero attached hydrogens (tertiary/aromatic N) is 2. The summed E-state index contributed by atoms with van der Waals surface area (Å²) in [6.45, 7) is 7.86. The van der Waals surface area contributed by atoms with Gasteiger partial charge in [-0.1, -0.05) is 79.6 Å². The number of allylic oxidation sites excluding steroid dienone is 1. The summed E-state index contributed by atoms with van der Waals surface area (Å²) in [5.41, 5.74) is 1.48. The third-order valence-corrected chi connectivity index (χ3v) is 10.5. The molecule has 3 fully saturated rings. The Bertz CT molecular complexity index is 1550. The molecule has 0 spiro atoms. The summed E-state index contributed by atoms with van der Waals surface area (Å²) < 4.78 is 5.62. The van der Waals surface area contributed by atoms with Crippen molar-refractivity contribution >= 4 is 23.8 Å². The lowest BCUT2D eigenvalue weighted by Gasteiger charge is -2.32. The van der Waals surface area contributed by atoms with Gasteiger partial charge in [-0.05, 0) is 69.1 Å². The Morgan fingerprint density at radius 2 is 1.73 bits per heavy atom. The number of fused-ring (bicyclic) bond motifs is 4. The van der Waals surface area contributed by atoms with Gasteiger partial charge < -0.3 is 20.1 Å². The van der Waals surface area contributed by atoms with Crippen LogP contribution >= 0.6 is 0 Å². The average Bonchev–Trinajstić information content (AvgIpc) is 3.41. The quantitative estimate of drug-likeness (QED) is 0.315. The van der Waals surface area contributed by atoms with E-state index in [1.54, 1.807) is 4.90 Å². The van der Waals surface area contributed by atoms with Crippen LogP contribution in [0.15, 0.2) is 66.7 Å². The van der Waals surface area contributed by atoms with Gasteiger partial charge in [-0.15, -0.1) is 0 Å². The third-order valence-electron chi connectivity index (χ3n) is 10.5. The van der Waals surface area contributed by atoms with Gasteiger partial charge in [0.1, 0.15) is 17.2 Å². The number of carbonyl (C=O) groups is 4. The molecule has 48 heavy (non-hydrogen) atoms. The number of amides is 2. The summed E-state index contributed by atoms with van der Waals surface area (Å²) in [5, 5.41) is 13.2. The highest BCUT2D eigenvalue weighted by Gasteiger charge is 2.62. The molecule has 2 aromatic carbocycles. The van der Waals surface area contributed by atoms with Crippen molar-refractivity contribution in [3.8, 4) is 11.1 Å². The van der Waals surface area contributed by atoms with E-state index in [1.165, 1.54) is 11.1 Å². The van der Waals surface area contributed by atoms with Gasteiger partial charge >= 0.3 is 11.9 Å². The first-order valence-electron chi connectivity index (χ1n) is 17.6. The van der Waals surface area contributed by atoms with E-state index in [1.807, 2.05) is 63.3 Å². The molecule has 1 saturated carbocycles. The van der Waals surface area contributed by atoms with Gasteiger partial charge in [0.15, 0.2) is 0 Å². The minimum atomic E-state index is -1.36. The maximum absolute atomic E-state index is 14.4. The molecule has 0 bridgehead atoms. The van der Waals surface area contributed by atoms with Crippen molar-refractivity contribution in [3.05, 3.63) is 72.3 Å². The molecule has 0 unspecified atom stereocenters. The van der Waals surface area contributed by atoms with Crippen molar-refractivity contribution in [3.63, 3.8) is 0 Å². The number of carboxylic acids is 1. The largest absolute Gasteiger partial charge is 0.479 e. The Balaban J connectivity index is 1.27. The van der Waals surface area contributed by atoms with Crippen LogP contribution in [0.1, 0.15) is 71.3 Å². The number of hydrogen-bond acceptors (Lipinski definition) is 6. The van der Waals surface area contributed by atoms with Crippen molar-refractivity contribution in [2.45, 2.75) is 89.4 Å². The zero-order valence-electron chi connectivity index (χ0n) is 28.4. The zero-order valence-corrected chi connectivity index (χ0v) is 28.4. The monoisotopic (exact) mass is 655 g/mol. The predicted molar refractivity (Wildman–Crippen MR) is 182 cm³/mol. The molecule has 4 aliphatic rings. The van der Waals surface area contributed by atoms with E-state index < -0.39 is 40.9 Å².